The Labute approximate surface area is 106 Å². The summed E-state index contributed by atoms with van der Waals surface area (Å²) in [4.78, 5) is 0. The number of rotatable bonds is 4. The standard InChI is InChI=1S/C16H16F2/c1-2-3-6-12-7-4-5-8-14(12)15-10-9-13(17)11-16(15)18/h4-5,7-11H,2-3,6H2,1H3. The Morgan fingerprint density at radius 2 is 1.72 bits per heavy atom. The summed E-state index contributed by atoms with van der Waals surface area (Å²) in [5, 5.41) is 0. The van der Waals surface area contributed by atoms with Gasteiger partial charge in [-0.25, -0.2) is 8.78 Å². The van der Waals surface area contributed by atoms with Gasteiger partial charge in [0.1, 0.15) is 11.6 Å². The Bertz CT molecular complexity index is 532. The van der Waals surface area contributed by atoms with Gasteiger partial charge in [0.2, 0.25) is 0 Å². The first kappa shape index (κ1) is 12.7. The van der Waals surface area contributed by atoms with Crippen LogP contribution in [-0.4, -0.2) is 0 Å². The van der Waals surface area contributed by atoms with Gasteiger partial charge in [-0.2, -0.15) is 0 Å². The normalized spacial score (nSPS) is 10.6. The van der Waals surface area contributed by atoms with E-state index >= 15 is 0 Å². The first-order valence-electron chi connectivity index (χ1n) is 6.25. The molecule has 0 nitrogen and oxygen atoms in total. The molecule has 0 fully saturated rings. The number of hydrogen-bond donors (Lipinski definition) is 0. The topological polar surface area (TPSA) is 0 Å². The van der Waals surface area contributed by atoms with Crippen molar-refractivity contribution in [3.8, 4) is 11.1 Å². The van der Waals surface area contributed by atoms with Crippen molar-refractivity contribution in [3.05, 3.63) is 59.7 Å². The molecule has 0 radical (unpaired) electrons. The van der Waals surface area contributed by atoms with Crippen LogP contribution in [0, 0.1) is 11.6 Å². The van der Waals surface area contributed by atoms with Crippen LogP contribution in [0.25, 0.3) is 11.1 Å². The summed E-state index contributed by atoms with van der Waals surface area (Å²) < 4.78 is 26.7. The van der Waals surface area contributed by atoms with Crippen LogP contribution in [0.2, 0.25) is 0 Å². The molecule has 0 bridgehead atoms. The number of unbranched alkanes of at least 4 members (excludes halogenated alkanes) is 1. The molecule has 94 valence electrons. The molecule has 0 saturated carbocycles. The molecule has 2 rings (SSSR count). The Balaban J connectivity index is 2.43. The third-order valence-corrected chi connectivity index (χ3v) is 3.04. The van der Waals surface area contributed by atoms with Gasteiger partial charge in [0.05, 0.1) is 0 Å². The molecular weight excluding hydrogens is 230 g/mol. The predicted molar refractivity (Wildman–Crippen MR) is 70.4 cm³/mol. The van der Waals surface area contributed by atoms with Crippen LogP contribution in [0.4, 0.5) is 8.78 Å². The summed E-state index contributed by atoms with van der Waals surface area (Å²) >= 11 is 0. The summed E-state index contributed by atoms with van der Waals surface area (Å²) in [6, 6.07) is 11.5. The largest absolute Gasteiger partial charge is 0.207 e. The van der Waals surface area contributed by atoms with E-state index in [1.54, 1.807) is 0 Å². The lowest BCUT2D eigenvalue weighted by molar-refractivity contribution is 0.585. The zero-order valence-corrected chi connectivity index (χ0v) is 10.4. The number of aryl methyl sites for hydroxylation is 1. The number of hydrogen-bond acceptors (Lipinski definition) is 0. The fourth-order valence-electron chi connectivity index (χ4n) is 2.08. The second kappa shape index (κ2) is 5.76. The third-order valence-electron chi connectivity index (χ3n) is 3.04. The number of benzene rings is 2. The lowest BCUT2D eigenvalue weighted by atomic mass is 9.96. The summed E-state index contributed by atoms with van der Waals surface area (Å²) in [5.74, 6) is -1.04. The Morgan fingerprint density at radius 3 is 2.44 bits per heavy atom. The van der Waals surface area contributed by atoms with Crippen molar-refractivity contribution in [1.29, 1.82) is 0 Å². The van der Waals surface area contributed by atoms with E-state index in [0.717, 1.165) is 36.5 Å². The van der Waals surface area contributed by atoms with E-state index in [9.17, 15) is 8.78 Å². The third kappa shape index (κ3) is 2.76. The van der Waals surface area contributed by atoms with Gasteiger partial charge in [-0.15, -0.1) is 0 Å². The minimum Gasteiger partial charge on any atom is -0.207 e. The van der Waals surface area contributed by atoms with Crippen LogP contribution in [0.5, 0.6) is 0 Å². The maximum absolute atomic E-state index is 13.8. The highest BCUT2D eigenvalue weighted by molar-refractivity contribution is 5.67. The Morgan fingerprint density at radius 1 is 0.944 bits per heavy atom. The van der Waals surface area contributed by atoms with Gasteiger partial charge in [0, 0.05) is 11.6 Å². The van der Waals surface area contributed by atoms with Gasteiger partial charge in [0.15, 0.2) is 0 Å². The summed E-state index contributed by atoms with van der Waals surface area (Å²) in [6.45, 7) is 2.13. The molecule has 0 aliphatic rings. The first-order valence-corrected chi connectivity index (χ1v) is 6.25. The monoisotopic (exact) mass is 246 g/mol. The first-order chi connectivity index (χ1) is 8.72. The van der Waals surface area contributed by atoms with Gasteiger partial charge in [-0.1, -0.05) is 37.6 Å². The Kier molecular flexibility index (Phi) is 4.08. The van der Waals surface area contributed by atoms with E-state index in [0.29, 0.717) is 5.56 Å². The molecule has 0 unspecified atom stereocenters. The smallest absolute Gasteiger partial charge is 0.133 e. The molecule has 0 aliphatic carbocycles. The molecular formula is C16H16F2. The molecule has 2 aromatic rings. The fourth-order valence-corrected chi connectivity index (χ4v) is 2.08. The van der Waals surface area contributed by atoms with E-state index in [1.807, 2.05) is 24.3 Å². The SMILES string of the molecule is CCCCc1ccccc1-c1ccc(F)cc1F. The minimum absolute atomic E-state index is 0.475. The van der Waals surface area contributed by atoms with Crippen LogP contribution in [0.3, 0.4) is 0 Å². The zero-order chi connectivity index (χ0) is 13.0. The molecule has 0 heterocycles. The van der Waals surface area contributed by atoms with Crippen molar-refractivity contribution in [2.45, 2.75) is 26.2 Å². The van der Waals surface area contributed by atoms with Crippen LogP contribution in [0.15, 0.2) is 42.5 Å². The summed E-state index contributed by atoms with van der Waals surface area (Å²) in [5.41, 5.74) is 2.46. The van der Waals surface area contributed by atoms with E-state index < -0.39 is 11.6 Å². The highest BCUT2D eigenvalue weighted by atomic mass is 19.1. The van der Waals surface area contributed by atoms with Crippen molar-refractivity contribution < 1.29 is 8.78 Å². The van der Waals surface area contributed by atoms with Gasteiger partial charge >= 0.3 is 0 Å². The maximum atomic E-state index is 13.8. The van der Waals surface area contributed by atoms with Crippen molar-refractivity contribution in [1.82, 2.24) is 0 Å². The van der Waals surface area contributed by atoms with Crippen LogP contribution in [0.1, 0.15) is 25.3 Å². The average Bonchev–Trinajstić information content (AvgIpc) is 2.37. The maximum Gasteiger partial charge on any atom is 0.133 e. The van der Waals surface area contributed by atoms with Crippen molar-refractivity contribution in [2.75, 3.05) is 0 Å². The second-order valence-corrected chi connectivity index (χ2v) is 4.38. The van der Waals surface area contributed by atoms with Gasteiger partial charge in [-0.05, 0) is 36.1 Å². The molecule has 0 saturated heterocycles. The molecule has 18 heavy (non-hydrogen) atoms. The van der Waals surface area contributed by atoms with Gasteiger partial charge < -0.3 is 0 Å². The van der Waals surface area contributed by atoms with E-state index in [1.165, 1.54) is 12.1 Å². The molecule has 0 atom stereocenters. The second-order valence-electron chi connectivity index (χ2n) is 4.38. The van der Waals surface area contributed by atoms with E-state index in [4.69, 9.17) is 0 Å². The van der Waals surface area contributed by atoms with Gasteiger partial charge in [-0.3, -0.25) is 0 Å². The lowest BCUT2D eigenvalue weighted by Crippen LogP contribution is -1.93. The number of halogens is 2. The van der Waals surface area contributed by atoms with Crippen molar-refractivity contribution in [2.24, 2.45) is 0 Å². The van der Waals surface area contributed by atoms with Gasteiger partial charge in [0.25, 0.3) is 0 Å². The van der Waals surface area contributed by atoms with Crippen LogP contribution < -0.4 is 0 Å². The van der Waals surface area contributed by atoms with Crippen molar-refractivity contribution in [3.63, 3.8) is 0 Å². The highest BCUT2D eigenvalue weighted by Crippen LogP contribution is 2.27. The highest BCUT2D eigenvalue weighted by Gasteiger charge is 2.09. The van der Waals surface area contributed by atoms with Crippen LogP contribution in [-0.2, 0) is 6.42 Å². The van der Waals surface area contributed by atoms with E-state index in [-0.39, 0.29) is 0 Å². The Hall–Kier alpha value is -1.70. The van der Waals surface area contributed by atoms with Crippen molar-refractivity contribution >= 4 is 0 Å². The molecule has 0 aliphatic heterocycles. The average molecular weight is 246 g/mol. The molecule has 0 spiro atoms. The quantitative estimate of drug-likeness (QED) is 0.714. The summed E-state index contributed by atoms with van der Waals surface area (Å²) in [6.07, 6.45) is 3.09. The lowest BCUT2D eigenvalue weighted by Gasteiger charge is -2.10. The van der Waals surface area contributed by atoms with E-state index in [2.05, 4.69) is 6.92 Å². The zero-order valence-electron chi connectivity index (χ0n) is 10.4. The minimum atomic E-state index is -0.540. The molecule has 2 aromatic carbocycles. The fraction of sp³-hybridized carbons (Fsp3) is 0.250. The molecule has 0 aromatic heterocycles. The molecule has 0 amide bonds. The summed E-state index contributed by atoms with van der Waals surface area (Å²) in [7, 11) is 0. The molecule has 0 N–H and O–H groups in total. The molecule has 2 heteroatoms. The predicted octanol–water partition coefficient (Wildman–Crippen LogP) is 4.97. The van der Waals surface area contributed by atoms with Crippen LogP contribution >= 0.6 is 0 Å².